The van der Waals surface area contributed by atoms with E-state index in [1.807, 2.05) is 0 Å². The SMILES string of the molecule is CC1C2CC3CC1CC(CCC(N)=O)(C3)C2. The van der Waals surface area contributed by atoms with Gasteiger partial charge in [-0.1, -0.05) is 6.92 Å². The van der Waals surface area contributed by atoms with E-state index in [1.54, 1.807) is 0 Å². The van der Waals surface area contributed by atoms with Crippen molar-refractivity contribution in [2.75, 3.05) is 0 Å². The number of amides is 1. The van der Waals surface area contributed by atoms with Crippen molar-refractivity contribution in [3.63, 3.8) is 0 Å². The van der Waals surface area contributed by atoms with Gasteiger partial charge in [-0.3, -0.25) is 4.79 Å². The van der Waals surface area contributed by atoms with Crippen LogP contribution in [0.3, 0.4) is 0 Å². The molecule has 2 atom stereocenters. The molecule has 0 aliphatic heterocycles. The van der Waals surface area contributed by atoms with Gasteiger partial charge in [0.1, 0.15) is 0 Å². The Bertz CT molecular complexity index is 296. The lowest BCUT2D eigenvalue weighted by Gasteiger charge is -2.60. The van der Waals surface area contributed by atoms with Gasteiger partial charge >= 0.3 is 0 Å². The highest BCUT2D eigenvalue weighted by atomic mass is 16.1. The summed E-state index contributed by atoms with van der Waals surface area (Å²) in [6, 6.07) is 0. The Kier molecular flexibility index (Phi) is 2.31. The van der Waals surface area contributed by atoms with Crippen molar-refractivity contribution < 1.29 is 4.79 Å². The third-order valence-corrected chi connectivity index (χ3v) is 5.77. The van der Waals surface area contributed by atoms with Crippen molar-refractivity contribution >= 4 is 5.91 Å². The molecule has 0 aromatic rings. The molecular weight excluding hydrogens is 198 g/mol. The van der Waals surface area contributed by atoms with Gasteiger partial charge in [-0.2, -0.15) is 0 Å². The molecule has 2 heteroatoms. The van der Waals surface area contributed by atoms with E-state index in [2.05, 4.69) is 6.92 Å². The van der Waals surface area contributed by atoms with E-state index in [1.165, 1.54) is 32.1 Å². The van der Waals surface area contributed by atoms with Gasteiger partial charge in [0.2, 0.25) is 5.91 Å². The molecule has 0 aromatic heterocycles. The van der Waals surface area contributed by atoms with E-state index in [0.29, 0.717) is 11.8 Å². The van der Waals surface area contributed by atoms with E-state index in [4.69, 9.17) is 5.73 Å². The van der Waals surface area contributed by atoms with Crippen molar-refractivity contribution in [1.82, 2.24) is 0 Å². The first-order valence-corrected chi connectivity index (χ1v) is 6.86. The molecule has 2 N–H and O–H groups in total. The van der Waals surface area contributed by atoms with Crippen molar-refractivity contribution in [1.29, 1.82) is 0 Å². The molecule has 4 saturated carbocycles. The lowest BCUT2D eigenvalue weighted by atomic mass is 9.45. The number of hydrogen-bond acceptors (Lipinski definition) is 1. The van der Waals surface area contributed by atoms with E-state index in [0.717, 1.165) is 30.1 Å². The topological polar surface area (TPSA) is 43.1 Å². The first-order chi connectivity index (χ1) is 7.58. The molecule has 1 amide bonds. The molecule has 4 fully saturated rings. The summed E-state index contributed by atoms with van der Waals surface area (Å²) in [5, 5.41) is 0. The summed E-state index contributed by atoms with van der Waals surface area (Å²) in [4.78, 5) is 11.0. The standard InChI is InChI=1S/C14H23NO/c1-9-11-4-10-5-12(9)8-14(6-10,7-11)3-2-13(15)16/h9-12H,2-8H2,1H3,(H2,15,16). The fraction of sp³-hybridized carbons (Fsp3) is 0.929. The Hall–Kier alpha value is -0.530. The van der Waals surface area contributed by atoms with Crippen LogP contribution in [0.15, 0.2) is 0 Å². The predicted molar refractivity (Wildman–Crippen MR) is 63.6 cm³/mol. The third-order valence-electron chi connectivity index (χ3n) is 5.77. The zero-order valence-electron chi connectivity index (χ0n) is 10.2. The molecular formula is C14H23NO. The van der Waals surface area contributed by atoms with Crippen LogP contribution in [-0.4, -0.2) is 5.91 Å². The van der Waals surface area contributed by atoms with Gasteiger partial charge in [-0.25, -0.2) is 0 Å². The Morgan fingerprint density at radius 1 is 1.25 bits per heavy atom. The molecule has 2 unspecified atom stereocenters. The van der Waals surface area contributed by atoms with Crippen LogP contribution in [0.25, 0.3) is 0 Å². The van der Waals surface area contributed by atoms with Crippen molar-refractivity contribution in [2.45, 2.75) is 51.9 Å². The predicted octanol–water partition coefficient (Wildman–Crippen LogP) is 2.71. The fourth-order valence-corrected chi connectivity index (χ4v) is 5.14. The van der Waals surface area contributed by atoms with Crippen LogP contribution in [0.1, 0.15) is 51.9 Å². The van der Waals surface area contributed by atoms with E-state index in [9.17, 15) is 4.79 Å². The Morgan fingerprint density at radius 2 is 1.88 bits per heavy atom. The second-order valence-electron chi connectivity index (χ2n) is 6.80. The number of primary amides is 1. The molecule has 4 aliphatic rings. The summed E-state index contributed by atoms with van der Waals surface area (Å²) in [6.07, 6.45) is 8.77. The zero-order chi connectivity index (χ0) is 11.3. The lowest BCUT2D eigenvalue weighted by molar-refractivity contribution is -0.122. The summed E-state index contributed by atoms with van der Waals surface area (Å²) >= 11 is 0. The summed E-state index contributed by atoms with van der Waals surface area (Å²) in [5.74, 6) is 3.72. The van der Waals surface area contributed by atoms with Gasteiger partial charge in [0.05, 0.1) is 0 Å². The average Bonchev–Trinajstić information content (AvgIpc) is 2.22. The summed E-state index contributed by atoms with van der Waals surface area (Å²) in [5.41, 5.74) is 5.82. The van der Waals surface area contributed by atoms with Gasteiger partial charge in [0.25, 0.3) is 0 Å². The third kappa shape index (κ3) is 1.57. The number of carbonyl (C=O) groups is 1. The van der Waals surface area contributed by atoms with Crippen LogP contribution >= 0.6 is 0 Å². The minimum absolute atomic E-state index is 0.108. The lowest BCUT2D eigenvalue weighted by Crippen LogP contribution is -2.50. The van der Waals surface area contributed by atoms with Crippen LogP contribution < -0.4 is 5.73 Å². The van der Waals surface area contributed by atoms with Gasteiger partial charge in [0.15, 0.2) is 0 Å². The fourth-order valence-electron chi connectivity index (χ4n) is 5.14. The van der Waals surface area contributed by atoms with Gasteiger partial charge in [-0.15, -0.1) is 0 Å². The van der Waals surface area contributed by atoms with E-state index < -0.39 is 0 Å². The van der Waals surface area contributed by atoms with Gasteiger partial charge < -0.3 is 5.73 Å². The van der Waals surface area contributed by atoms with Crippen LogP contribution in [0, 0.1) is 29.1 Å². The van der Waals surface area contributed by atoms with Crippen LogP contribution in [0.4, 0.5) is 0 Å². The first-order valence-electron chi connectivity index (χ1n) is 6.86. The molecule has 4 rings (SSSR count). The monoisotopic (exact) mass is 221 g/mol. The summed E-state index contributed by atoms with van der Waals surface area (Å²) < 4.78 is 0. The second-order valence-corrected chi connectivity index (χ2v) is 6.80. The smallest absolute Gasteiger partial charge is 0.217 e. The molecule has 4 bridgehead atoms. The van der Waals surface area contributed by atoms with Crippen LogP contribution in [0.5, 0.6) is 0 Å². The number of rotatable bonds is 3. The Labute approximate surface area is 98.0 Å². The maximum Gasteiger partial charge on any atom is 0.217 e. The minimum atomic E-state index is -0.108. The van der Waals surface area contributed by atoms with E-state index >= 15 is 0 Å². The summed E-state index contributed by atoms with van der Waals surface area (Å²) in [6.45, 7) is 2.45. The molecule has 2 nitrogen and oxygen atoms in total. The maximum atomic E-state index is 11.0. The minimum Gasteiger partial charge on any atom is -0.370 e. The summed E-state index contributed by atoms with van der Waals surface area (Å²) in [7, 11) is 0. The van der Waals surface area contributed by atoms with Crippen molar-refractivity contribution in [3.8, 4) is 0 Å². The first kappa shape index (κ1) is 10.6. The Morgan fingerprint density at radius 3 is 2.44 bits per heavy atom. The zero-order valence-corrected chi connectivity index (χ0v) is 10.2. The molecule has 90 valence electrons. The average molecular weight is 221 g/mol. The van der Waals surface area contributed by atoms with E-state index in [-0.39, 0.29) is 5.91 Å². The molecule has 0 heterocycles. The Balaban J connectivity index is 1.75. The molecule has 0 radical (unpaired) electrons. The largest absolute Gasteiger partial charge is 0.370 e. The number of hydrogen-bond donors (Lipinski definition) is 1. The molecule has 0 saturated heterocycles. The second kappa shape index (κ2) is 3.48. The highest BCUT2D eigenvalue weighted by molar-refractivity contribution is 5.73. The number of nitrogens with two attached hydrogens (primary N) is 1. The molecule has 4 aliphatic carbocycles. The highest BCUT2D eigenvalue weighted by Gasteiger charge is 2.53. The maximum absolute atomic E-state index is 11.0. The highest BCUT2D eigenvalue weighted by Crippen LogP contribution is 2.63. The normalized spacial score (nSPS) is 49.6. The molecule has 16 heavy (non-hydrogen) atoms. The molecule has 0 aromatic carbocycles. The van der Waals surface area contributed by atoms with Gasteiger partial charge in [0, 0.05) is 6.42 Å². The quantitative estimate of drug-likeness (QED) is 0.782. The van der Waals surface area contributed by atoms with Crippen molar-refractivity contribution in [3.05, 3.63) is 0 Å². The van der Waals surface area contributed by atoms with Gasteiger partial charge in [-0.05, 0) is 67.6 Å². The van der Waals surface area contributed by atoms with Crippen LogP contribution in [-0.2, 0) is 4.79 Å². The molecule has 0 spiro atoms. The number of carbonyl (C=O) groups excluding carboxylic acids is 1. The van der Waals surface area contributed by atoms with Crippen LogP contribution in [0.2, 0.25) is 0 Å². The van der Waals surface area contributed by atoms with Crippen molar-refractivity contribution in [2.24, 2.45) is 34.8 Å².